The second-order valence-electron chi connectivity index (χ2n) is 3.33. The fourth-order valence-corrected chi connectivity index (χ4v) is 1.33. The number of nitrogens with zero attached hydrogens (tertiary/aromatic N) is 1. The summed E-state index contributed by atoms with van der Waals surface area (Å²) in [7, 11) is 0. The van der Waals surface area contributed by atoms with Crippen LogP contribution in [0.4, 0.5) is 19.1 Å². The van der Waals surface area contributed by atoms with Crippen LogP contribution < -0.4 is 4.90 Å². The fourth-order valence-electron chi connectivity index (χ4n) is 1.33. The highest BCUT2D eigenvalue weighted by Crippen LogP contribution is 2.23. The van der Waals surface area contributed by atoms with Gasteiger partial charge >= 0.3 is 6.18 Å². The molecule has 0 aliphatic rings. The Morgan fingerprint density at radius 3 is 2.56 bits per heavy atom. The Labute approximate surface area is 90.8 Å². The molecule has 0 N–H and O–H groups in total. The van der Waals surface area contributed by atoms with Gasteiger partial charge in [-0.25, -0.2) is 0 Å². The molecule has 0 bridgehead atoms. The Kier molecular flexibility index (Phi) is 3.98. The van der Waals surface area contributed by atoms with E-state index in [-0.39, 0.29) is 18.2 Å². The van der Waals surface area contributed by atoms with Gasteiger partial charge in [-0.2, -0.15) is 13.2 Å². The number of anilines is 1. The molecule has 3 nitrogen and oxygen atoms in total. The largest absolute Gasteiger partial charge is 0.438 e. The fraction of sp³-hybridized carbons (Fsp3) is 0.500. The summed E-state index contributed by atoms with van der Waals surface area (Å²) in [5.41, 5.74) is 0. The van der Waals surface area contributed by atoms with Crippen LogP contribution in [0.15, 0.2) is 16.5 Å². The highest BCUT2D eigenvalue weighted by atomic mass is 19.4. The Balaban J connectivity index is 2.80. The summed E-state index contributed by atoms with van der Waals surface area (Å²) in [5.74, 6) is 0.0968. The van der Waals surface area contributed by atoms with Crippen molar-refractivity contribution in [3.63, 3.8) is 0 Å². The maximum atomic E-state index is 12.3. The van der Waals surface area contributed by atoms with Crippen LogP contribution in [0.1, 0.15) is 23.9 Å². The van der Waals surface area contributed by atoms with Crippen LogP contribution in [-0.2, 0) is 0 Å². The number of aldehydes is 1. The van der Waals surface area contributed by atoms with Crippen molar-refractivity contribution in [1.82, 2.24) is 0 Å². The van der Waals surface area contributed by atoms with Gasteiger partial charge in [0.05, 0.1) is 0 Å². The number of halogens is 3. The van der Waals surface area contributed by atoms with E-state index < -0.39 is 12.7 Å². The zero-order chi connectivity index (χ0) is 12.2. The molecule has 0 atom stereocenters. The highest BCUT2D eigenvalue weighted by molar-refractivity contribution is 5.71. The first-order valence-corrected chi connectivity index (χ1v) is 4.83. The first kappa shape index (κ1) is 12.6. The normalized spacial score (nSPS) is 11.5. The maximum Gasteiger partial charge on any atom is 0.406 e. The van der Waals surface area contributed by atoms with Gasteiger partial charge in [0.2, 0.25) is 0 Å². The van der Waals surface area contributed by atoms with Crippen molar-refractivity contribution in [3.05, 3.63) is 17.9 Å². The summed E-state index contributed by atoms with van der Waals surface area (Å²) in [6.45, 7) is 0.922. The molecule has 1 aromatic heterocycles. The minimum Gasteiger partial charge on any atom is -0.438 e. The minimum absolute atomic E-state index is 0.0262. The van der Waals surface area contributed by atoms with E-state index in [2.05, 4.69) is 0 Å². The molecule has 1 aromatic rings. The van der Waals surface area contributed by atoms with Crippen molar-refractivity contribution < 1.29 is 22.4 Å². The average Bonchev–Trinajstić information content (AvgIpc) is 2.63. The van der Waals surface area contributed by atoms with Gasteiger partial charge < -0.3 is 9.32 Å². The molecule has 90 valence electrons. The van der Waals surface area contributed by atoms with Crippen molar-refractivity contribution in [2.75, 3.05) is 18.0 Å². The number of carbonyl (C=O) groups is 1. The van der Waals surface area contributed by atoms with Crippen LogP contribution in [0.25, 0.3) is 0 Å². The molecule has 0 radical (unpaired) electrons. The highest BCUT2D eigenvalue weighted by Gasteiger charge is 2.31. The lowest BCUT2D eigenvalue weighted by Gasteiger charge is -2.22. The third-order valence-electron chi connectivity index (χ3n) is 1.90. The van der Waals surface area contributed by atoms with Crippen molar-refractivity contribution in [2.24, 2.45) is 0 Å². The summed E-state index contributed by atoms with van der Waals surface area (Å²) < 4.78 is 41.7. The first-order valence-electron chi connectivity index (χ1n) is 4.83. The Bertz CT molecular complexity index is 346. The van der Waals surface area contributed by atoms with E-state index in [0.29, 0.717) is 12.7 Å². The summed E-state index contributed by atoms with van der Waals surface area (Å²) in [6.07, 6.45) is -3.27. The zero-order valence-corrected chi connectivity index (χ0v) is 8.75. The van der Waals surface area contributed by atoms with E-state index in [1.807, 2.05) is 0 Å². The van der Waals surface area contributed by atoms with Gasteiger partial charge in [-0.1, -0.05) is 6.92 Å². The average molecular weight is 235 g/mol. The van der Waals surface area contributed by atoms with Crippen LogP contribution in [0, 0.1) is 0 Å². The van der Waals surface area contributed by atoms with E-state index in [0.717, 1.165) is 4.90 Å². The standard InChI is InChI=1S/C10H12F3NO2/c1-2-5-14(7-10(11,12)13)9-4-3-8(6-15)16-9/h3-4,6H,2,5,7H2,1H3. The minimum atomic E-state index is -4.29. The Morgan fingerprint density at radius 2 is 2.12 bits per heavy atom. The van der Waals surface area contributed by atoms with Gasteiger partial charge in [0.25, 0.3) is 0 Å². The Morgan fingerprint density at radius 1 is 1.44 bits per heavy atom. The molecule has 0 fully saturated rings. The monoisotopic (exact) mass is 235 g/mol. The number of carbonyl (C=O) groups excluding carboxylic acids is 1. The van der Waals surface area contributed by atoms with Crippen molar-refractivity contribution in [3.8, 4) is 0 Å². The van der Waals surface area contributed by atoms with E-state index in [1.165, 1.54) is 12.1 Å². The molecule has 0 spiro atoms. The molecular weight excluding hydrogens is 223 g/mol. The smallest absolute Gasteiger partial charge is 0.406 e. The lowest BCUT2D eigenvalue weighted by molar-refractivity contribution is -0.120. The number of alkyl halides is 3. The molecule has 0 aliphatic carbocycles. The van der Waals surface area contributed by atoms with Crippen molar-refractivity contribution >= 4 is 12.2 Å². The van der Waals surface area contributed by atoms with Gasteiger partial charge in [0.1, 0.15) is 6.54 Å². The molecule has 0 amide bonds. The topological polar surface area (TPSA) is 33.5 Å². The molecule has 16 heavy (non-hydrogen) atoms. The van der Waals surface area contributed by atoms with E-state index in [9.17, 15) is 18.0 Å². The molecular formula is C10H12F3NO2. The predicted molar refractivity (Wildman–Crippen MR) is 52.7 cm³/mol. The summed E-state index contributed by atoms with van der Waals surface area (Å²) >= 11 is 0. The number of hydrogen-bond donors (Lipinski definition) is 0. The number of furan rings is 1. The molecule has 0 unspecified atom stereocenters. The third-order valence-corrected chi connectivity index (χ3v) is 1.90. The van der Waals surface area contributed by atoms with Crippen molar-refractivity contribution in [1.29, 1.82) is 0 Å². The van der Waals surface area contributed by atoms with E-state index >= 15 is 0 Å². The van der Waals surface area contributed by atoms with Gasteiger partial charge in [-0.15, -0.1) is 0 Å². The van der Waals surface area contributed by atoms with Crippen LogP contribution in [0.2, 0.25) is 0 Å². The van der Waals surface area contributed by atoms with Gasteiger partial charge in [-0.3, -0.25) is 4.79 Å². The second kappa shape index (κ2) is 5.05. The van der Waals surface area contributed by atoms with Gasteiger partial charge in [0, 0.05) is 12.6 Å². The summed E-state index contributed by atoms with van der Waals surface area (Å²) in [4.78, 5) is 11.4. The molecule has 6 heteroatoms. The molecule has 1 rings (SSSR count). The summed E-state index contributed by atoms with van der Waals surface area (Å²) in [6, 6.07) is 2.71. The molecule has 0 aliphatic heterocycles. The second-order valence-corrected chi connectivity index (χ2v) is 3.33. The van der Waals surface area contributed by atoms with Crippen LogP contribution >= 0.6 is 0 Å². The lowest BCUT2D eigenvalue weighted by Crippen LogP contribution is -2.34. The predicted octanol–water partition coefficient (Wildman–Crippen LogP) is 2.87. The van der Waals surface area contributed by atoms with Crippen LogP contribution in [-0.4, -0.2) is 25.6 Å². The van der Waals surface area contributed by atoms with Crippen molar-refractivity contribution in [2.45, 2.75) is 19.5 Å². The number of hydrogen-bond acceptors (Lipinski definition) is 3. The van der Waals surface area contributed by atoms with Crippen LogP contribution in [0.5, 0.6) is 0 Å². The van der Waals surface area contributed by atoms with E-state index in [1.54, 1.807) is 6.92 Å². The first-order chi connectivity index (χ1) is 7.46. The third kappa shape index (κ3) is 3.60. The SMILES string of the molecule is CCCN(CC(F)(F)F)c1ccc(C=O)o1. The number of rotatable bonds is 5. The molecule has 0 saturated heterocycles. The molecule has 0 aromatic carbocycles. The lowest BCUT2D eigenvalue weighted by atomic mass is 10.4. The summed E-state index contributed by atoms with van der Waals surface area (Å²) in [5, 5.41) is 0. The van der Waals surface area contributed by atoms with Crippen LogP contribution in [0.3, 0.4) is 0 Å². The quantitative estimate of drug-likeness (QED) is 0.736. The molecule has 0 saturated carbocycles. The van der Waals surface area contributed by atoms with Gasteiger partial charge in [-0.05, 0) is 12.5 Å². The Hall–Kier alpha value is -1.46. The molecule has 1 heterocycles. The maximum absolute atomic E-state index is 12.3. The van der Waals surface area contributed by atoms with Gasteiger partial charge in [0.15, 0.2) is 17.9 Å². The zero-order valence-electron chi connectivity index (χ0n) is 8.75. The van der Waals surface area contributed by atoms with E-state index in [4.69, 9.17) is 4.42 Å².